The summed E-state index contributed by atoms with van der Waals surface area (Å²) in [5.41, 5.74) is 4.17. The number of amides is 1. The van der Waals surface area contributed by atoms with Crippen molar-refractivity contribution in [1.29, 1.82) is 0 Å². The van der Waals surface area contributed by atoms with Gasteiger partial charge in [0.05, 0.1) is 0 Å². The Kier molecular flexibility index (Phi) is 37.0. The number of nitrogens with two attached hydrogens (primary N) is 1. The predicted octanol–water partition coefficient (Wildman–Crippen LogP) is -1.94. The van der Waals surface area contributed by atoms with Gasteiger partial charge in [0.2, 0.25) is 12.2 Å². The van der Waals surface area contributed by atoms with Gasteiger partial charge in [-0.05, 0) is 5.92 Å². The van der Waals surface area contributed by atoms with E-state index in [0.717, 1.165) is 19.8 Å². The minimum atomic E-state index is -1.11. The van der Waals surface area contributed by atoms with Gasteiger partial charge >= 0.3 is 51.5 Å². The first kappa shape index (κ1) is 30.5. The van der Waals surface area contributed by atoms with Crippen LogP contribution in [0.25, 0.3) is 0 Å². The van der Waals surface area contributed by atoms with E-state index in [4.69, 9.17) is 4.79 Å². The van der Waals surface area contributed by atoms with Crippen LogP contribution >= 0.6 is 0 Å². The van der Waals surface area contributed by atoms with E-state index >= 15 is 0 Å². The summed E-state index contributed by atoms with van der Waals surface area (Å²) in [6, 6.07) is 0. The average molecular weight is 379 g/mol. The predicted molar refractivity (Wildman–Crippen MR) is 78.1 cm³/mol. The fourth-order valence-corrected chi connectivity index (χ4v) is 0.202. The standard InChI is InChI=1S/C5H6O4.C4H10.CH3NO.2Ga.6H/c1-3(6)5(8)9-4(2)7;1-4(2)3;2-1-3;;;;;;;;/h1-2H3;4H,1-3H3;1H,(H2,2,3);;;;;;;;. The summed E-state index contributed by atoms with van der Waals surface area (Å²) in [4.78, 5) is 38.8. The fourth-order valence-electron chi connectivity index (χ4n) is 0.202. The Morgan fingerprint density at radius 2 is 1.28 bits per heavy atom. The molecule has 0 spiro atoms. The van der Waals surface area contributed by atoms with Crippen LogP contribution in [0.1, 0.15) is 34.6 Å². The first-order valence-electron chi connectivity index (χ1n) is 4.57. The Bertz CT molecular complexity index is 242. The molecular weight excluding hydrogens is 354 g/mol. The third kappa shape index (κ3) is 57.7. The molecule has 1 amide bonds. The van der Waals surface area contributed by atoms with Crippen molar-refractivity contribution in [2.75, 3.05) is 0 Å². The van der Waals surface area contributed by atoms with E-state index in [9.17, 15) is 14.4 Å². The van der Waals surface area contributed by atoms with Crippen LogP contribution in [0.2, 0.25) is 0 Å². The van der Waals surface area contributed by atoms with Crippen molar-refractivity contribution in [3.8, 4) is 0 Å². The van der Waals surface area contributed by atoms with Crippen LogP contribution in [0.3, 0.4) is 0 Å². The topological polar surface area (TPSA) is 104 Å². The van der Waals surface area contributed by atoms with Crippen molar-refractivity contribution in [1.82, 2.24) is 0 Å². The van der Waals surface area contributed by atoms with E-state index in [1.54, 1.807) is 0 Å². The number of carbonyl (C=O) groups excluding carboxylic acids is 4. The molecule has 0 aromatic carbocycles. The molecule has 0 saturated carbocycles. The second kappa shape index (κ2) is 21.8. The second-order valence-corrected chi connectivity index (χ2v) is 3.31. The van der Waals surface area contributed by atoms with Crippen LogP contribution in [0.5, 0.6) is 0 Å². The van der Waals surface area contributed by atoms with Crippen LogP contribution in [0.15, 0.2) is 0 Å². The molecule has 0 atom stereocenters. The van der Waals surface area contributed by atoms with Gasteiger partial charge in [-0.3, -0.25) is 14.4 Å². The number of rotatable bonds is 1. The molecule has 0 aromatic rings. The van der Waals surface area contributed by atoms with Crippen molar-refractivity contribution in [3.63, 3.8) is 0 Å². The zero-order chi connectivity index (χ0) is 13.7. The molecule has 8 heteroatoms. The van der Waals surface area contributed by atoms with Gasteiger partial charge in [0, 0.05) is 13.8 Å². The molecule has 0 aliphatic rings. The van der Waals surface area contributed by atoms with E-state index < -0.39 is 17.7 Å². The quantitative estimate of drug-likeness (QED) is 0.188. The zero-order valence-corrected chi connectivity index (χ0v) is 10.3. The van der Waals surface area contributed by atoms with E-state index in [-0.39, 0.29) is 46.0 Å². The van der Waals surface area contributed by atoms with Gasteiger partial charge in [0.25, 0.3) is 0 Å². The Morgan fingerprint density at radius 1 is 1.06 bits per heavy atom. The molecule has 0 fully saturated rings. The van der Waals surface area contributed by atoms with Gasteiger partial charge in [-0.15, -0.1) is 0 Å². The molecule has 0 saturated heterocycles. The fraction of sp³-hybridized carbons (Fsp3) is 0.600. The Labute approximate surface area is 133 Å². The van der Waals surface area contributed by atoms with Gasteiger partial charge in [-0.2, -0.15) is 0 Å². The summed E-state index contributed by atoms with van der Waals surface area (Å²) < 4.78 is 3.88. The van der Waals surface area contributed by atoms with E-state index in [1.807, 2.05) is 0 Å². The molecule has 0 aliphatic carbocycles. The van der Waals surface area contributed by atoms with Gasteiger partial charge in [0.1, 0.15) is 0 Å². The van der Waals surface area contributed by atoms with Crippen LogP contribution < -0.4 is 5.73 Å². The number of Topliss-reactive ketones (excluding diaryl/α,β-unsaturated/α-hetero) is 1. The minimum absolute atomic E-state index is 0. The van der Waals surface area contributed by atoms with Crippen molar-refractivity contribution < 1.29 is 23.9 Å². The number of hydrogen-bond donors (Lipinski definition) is 1. The summed E-state index contributed by atoms with van der Waals surface area (Å²) >= 11 is 0. The second-order valence-electron chi connectivity index (χ2n) is 3.31. The third-order valence-electron chi connectivity index (χ3n) is 0.524. The van der Waals surface area contributed by atoms with E-state index in [0.29, 0.717) is 0 Å². The molecule has 0 aromatic heterocycles. The van der Waals surface area contributed by atoms with Crippen molar-refractivity contribution in [2.45, 2.75) is 34.6 Å². The van der Waals surface area contributed by atoms with Crippen LogP contribution in [-0.2, 0) is 23.9 Å². The SMILES string of the molecule is CC(=O)OC(=O)C(C)=O.CC(C)C.NC=O.[GaH3].[GaH3]. The van der Waals surface area contributed by atoms with Crippen molar-refractivity contribution >= 4 is 63.7 Å². The number of esters is 2. The number of ether oxygens (including phenoxy) is 1. The molecule has 0 rings (SSSR count). The van der Waals surface area contributed by atoms with Gasteiger partial charge in [-0.25, -0.2) is 4.79 Å². The summed E-state index contributed by atoms with van der Waals surface area (Å²) in [6.45, 7) is 8.59. The maximum atomic E-state index is 10.2. The molecule has 0 heterocycles. The van der Waals surface area contributed by atoms with E-state index in [1.165, 1.54) is 0 Å². The van der Waals surface area contributed by atoms with Crippen molar-refractivity contribution in [3.05, 3.63) is 0 Å². The Morgan fingerprint density at radius 3 is 1.33 bits per heavy atom. The van der Waals surface area contributed by atoms with Crippen molar-refractivity contribution in [2.24, 2.45) is 11.7 Å². The molecule has 2 N–H and O–H groups in total. The Balaban J connectivity index is -0.0000000536. The normalized spacial score (nSPS) is 6.78. The first-order valence-corrected chi connectivity index (χ1v) is 4.57. The molecule has 18 heavy (non-hydrogen) atoms. The first-order chi connectivity index (χ1) is 7.18. The average Bonchev–Trinajstić information content (AvgIpc) is 2.02. The monoisotopic (exact) mass is 377 g/mol. The van der Waals surface area contributed by atoms with Gasteiger partial charge in [-0.1, -0.05) is 20.8 Å². The maximum absolute atomic E-state index is 10.2. The molecule has 0 aliphatic heterocycles. The van der Waals surface area contributed by atoms with Crippen LogP contribution in [0.4, 0.5) is 0 Å². The summed E-state index contributed by atoms with van der Waals surface area (Å²) in [5.74, 6) is -1.82. The molecule has 106 valence electrons. The number of primary amides is 1. The number of carbonyl (C=O) groups is 4. The van der Waals surface area contributed by atoms with Crippen LogP contribution in [0, 0.1) is 5.92 Å². The van der Waals surface area contributed by atoms with Gasteiger partial charge < -0.3 is 10.5 Å². The summed E-state index contributed by atoms with van der Waals surface area (Å²) in [6.07, 6.45) is 0.250. The molecule has 6 nitrogen and oxygen atoms in total. The van der Waals surface area contributed by atoms with Crippen LogP contribution in [-0.4, -0.2) is 63.7 Å². The molecule has 0 radical (unpaired) electrons. The summed E-state index contributed by atoms with van der Waals surface area (Å²) in [5, 5.41) is 0. The van der Waals surface area contributed by atoms with E-state index in [2.05, 4.69) is 31.2 Å². The van der Waals surface area contributed by atoms with Gasteiger partial charge in [0.15, 0.2) is 0 Å². The molecule has 0 bridgehead atoms. The number of ketones is 1. The summed E-state index contributed by atoms with van der Waals surface area (Å²) in [7, 11) is 0. The molecule has 0 unspecified atom stereocenters. The third-order valence-corrected chi connectivity index (χ3v) is 0.524. The Hall–Kier alpha value is -0.447. The molecular formula is C10H25Ga2NO5. The number of hydrogen-bond acceptors (Lipinski definition) is 5. The zero-order valence-electron chi connectivity index (χ0n) is 10.3.